The first-order chi connectivity index (χ1) is 13.2. The van der Waals surface area contributed by atoms with E-state index in [1.165, 1.54) is 0 Å². The number of amides is 1. The van der Waals surface area contributed by atoms with Gasteiger partial charge < -0.3 is 15.1 Å². The summed E-state index contributed by atoms with van der Waals surface area (Å²) in [6.45, 7) is 4.59. The number of aromatic nitrogens is 1. The van der Waals surface area contributed by atoms with Crippen molar-refractivity contribution in [3.8, 4) is 0 Å². The Morgan fingerprint density at radius 2 is 1.78 bits per heavy atom. The molecule has 1 N–H and O–H groups in total. The minimum atomic E-state index is -0.0602. The maximum atomic E-state index is 12.6. The van der Waals surface area contributed by atoms with Gasteiger partial charge in [-0.1, -0.05) is 42.5 Å². The third-order valence-electron chi connectivity index (χ3n) is 5.12. The van der Waals surface area contributed by atoms with Gasteiger partial charge in [0.15, 0.2) is 0 Å². The van der Waals surface area contributed by atoms with E-state index in [2.05, 4.69) is 27.1 Å². The van der Waals surface area contributed by atoms with Crippen LogP contribution >= 0.6 is 0 Å². The lowest BCUT2D eigenvalue weighted by Gasteiger charge is -2.33. The van der Waals surface area contributed by atoms with Crippen molar-refractivity contribution < 1.29 is 4.79 Å². The SMILES string of the molecule is CN1CCN(c2ccc(CNC(=O)c3cccc4ccccc34)cn2)CC1. The molecule has 0 saturated carbocycles. The molecule has 2 heterocycles. The Kier molecular flexibility index (Phi) is 5.03. The highest BCUT2D eigenvalue weighted by Gasteiger charge is 2.15. The number of carbonyl (C=O) groups is 1. The highest BCUT2D eigenvalue weighted by molar-refractivity contribution is 6.06. The molecule has 1 aromatic heterocycles. The zero-order chi connectivity index (χ0) is 18.6. The molecular weight excluding hydrogens is 336 g/mol. The van der Waals surface area contributed by atoms with Crippen molar-refractivity contribution in [3.05, 3.63) is 71.9 Å². The molecule has 0 atom stereocenters. The quantitative estimate of drug-likeness (QED) is 0.777. The van der Waals surface area contributed by atoms with Crippen molar-refractivity contribution in [3.63, 3.8) is 0 Å². The first-order valence-electron chi connectivity index (χ1n) is 9.35. The monoisotopic (exact) mass is 360 g/mol. The molecule has 0 aliphatic carbocycles. The number of piperazine rings is 1. The Labute approximate surface area is 159 Å². The Morgan fingerprint density at radius 1 is 1.00 bits per heavy atom. The van der Waals surface area contributed by atoms with Crippen LogP contribution < -0.4 is 10.2 Å². The standard InChI is InChI=1S/C22H24N4O/c1-25-11-13-26(14-12-25)21-10-9-17(15-23-21)16-24-22(27)20-8-4-6-18-5-2-3-7-19(18)20/h2-10,15H,11-14,16H2,1H3,(H,24,27). The summed E-state index contributed by atoms with van der Waals surface area (Å²) < 4.78 is 0. The van der Waals surface area contributed by atoms with E-state index in [4.69, 9.17) is 0 Å². The van der Waals surface area contributed by atoms with Gasteiger partial charge in [-0.15, -0.1) is 0 Å². The Hall–Kier alpha value is -2.92. The number of rotatable bonds is 4. The zero-order valence-electron chi connectivity index (χ0n) is 15.6. The average Bonchev–Trinajstić information content (AvgIpc) is 2.72. The summed E-state index contributed by atoms with van der Waals surface area (Å²) in [5.41, 5.74) is 1.71. The normalized spacial score (nSPS) is 15.1. The molecule has 1 amide bonds. The van der Waals surface area contributed by atoms with E-state index in [1.807, 2.05) is 60.8 Å². The molecule has 0 unspecified atom stereocenters. The third-order valence-corrected chi connectivity index (χ3v) is 5.12. The predicted molar refractivity (Wildman–Crippen MR) is 109 cm³/mol. The van der Waals surface area contributed by atoms with Crippen LogP contribution in [0.3, 0.4) is 0 Å². The van der Waals surface area contributed by atoms with Gasteiger partial charge in [0, 0.05) is 44.5 Å². The number of nitrogens with one attached hydrogen (secondary N) is 1. The lowest BCUT2D eigenvalue weighted by atomic mass is 10.0. The number of pyridine rings is 1. The summed E-state index contributed by atoms with van der Waals surface area (Å²) in [5, 5.41) is 5.06. The number of hydrogen-bond donors (Lipinski definition) is 1. The number of anilines is 1. The second-order valence-corrected chi connectivity index (χ2v) is 7.02. The first kappa shape index (κ1) is 17.5. The summed E-state index contributed by atoms with van der Waals surface area (Å²) in [6, 6.07) is 17.8. The van der Waals surface area contributed by atoms with Gasteiger partial charge in [-0.2, -0.15) is 0 Å². The van der Waals surface area contributed by atoms with E-state index in [1.54, 1.807) is 0 Å². The Morgan fingerprint density at radius 3 is 2.56 bits per heavy atom. The summed E-state index contributed by atoms with van der Waals surface area (Å²) >= 11 is 0. The van der Waals surface area contributed by atoms with E-state index < -0.39 is 0 Å². The first-order valence-corrected chi connectivity index (χ1v) is 9.35. The van der Waals surface area contributed by atoms with Gasteiger partial charge in [-0.25, -0.2) is 4.98 Å². The van der Waals surface area contributed by atoms with E-state index in [0.29, 0.717) is 12.1 Å². The number of nitrogens with zero attached hydrogens (tertiary/aromatic N) is 3. The number of hydrogen-bond acceptors (Lipinski definition) is 4. The molecule has 138 valence electrons. The molecule has 0 spiro atoms. The number of likely N-dealkylation sites (N-methyl/N-ethyl adjacent to an activating group) is 1. The molecule has 3 aromatic rings. The summed E-state index contributed by atoms with van der Waals surface area (Å²) in [5.74, 6) is 0.946. The molecule has 1 saturated heterocycles. The van der Waals surface area contributed by atoms with Crippen molar-refractivity contribution in [1.29, 1.82) is 0 Å². The molecule has 4 rings (SSSR count). The van der Waals surface area contributed by atoms with Gasteiger partial charge in [0.1, 0.15) is 5.82 Å². The van der Waals surface area contributed by atoms with Gasteiger partial charge in [0.2, 0.25) is 0 Å². The minimum absolute atomic E-state index is 0.0602. The van der Waals surface area contributed by atoms with Gasteiger partial charge in [0.05, 0.1) is 0 Å². The zero-order valence-corrected chi connectivity index (χ0v) is 15.6. The van der Waals surface area contributed by atoms with Crippen molar-refractivity contribution in [1.82, 2.24) is 15.2 Å². The van der Waals surface area contributed by atoms with Crippen molar-refractivity contribution in [2.24, 2.45) is 0 Å². The van der Waals surface area contributed by atoms with Crippen LogP contribution in [0.1, 0.15) is 15.9 Å². The van der Waals surface area contributed by atoms with Crippen molar-refractivity contribution in [2.45, 2.75) is 6.54 Å². The van der Waals surface area contributed by atoms with Gasteiger partial charge >= 0.3 is 0 Å². The topological polar surface area (TPSA) is 48.5 Å². The van der Waals surface area contributed by atoms with Gasteiger partial charge in [-0.3, -0.25) is 4.79 Å². The Bertz CT molecular complexity index is 925. The predicted octanol–water partition coefficient (Wildman–Crippen LogP) is 2.92. The van der Waals surface area contributed by atoms with Crippen LogP contribution in [-0.4, -0.2) is 49.0 Å². The molecule has 1 aliphatic rings. The van der Waals surface area contributed by atoms with Gasteiger partial charge in [-0.05, 0) is 35.5 Å². The fraction of sp³-hybridized carbons (Fsp3) is 0.273. The van der Waals surface area contributed by atoms with Crippen LogP contribution in [0.25, 0.3) is 10.8 Å². The van der Waals surface area contributed by atoms with Crippen molar-refractivity contribution >= 4 is 22.5 Å². The fourth-order valence-electron chi connectivity index (χ4n) is 3.44. The molecule has 0 bridgehead atoms. The minimum Gasteiger partial charge on any atom is -0.354 e. The van der Waals surface area contributed by atoms with Crippen LogP contribution in [0.5, 0.6) is 0 Å². The molecule has 2 aromatic carbocycles. The van der Waals surface area contributed by atoms with Crippen LogP contribution in [-0.2, 0) is 6.54 Å². The van der Waals surface area contributed by atoms with E-state index >= 15 is 0 Å². The molecule has 0 radical (unpaired) electrons. The lowest BCUT2D eigenvalue weighted by molar-refractivity contribution is 0.0952. The molecule has 27 heavy (non-hydrogen) atoms. The van der Waals surface area contributed by atoms with Crippen LogP contribution in [0.2, 0.25) is 0 Å². The second-order valence-electron chi connectivity index (χ2n) is 7.02. The van der Waals surface area contributed by atoms with E-state index in [9.17, 15) is 4.79 Å². The van der Waals surface area contributed by atoms with Crippen LogP contribution in [0.15, 0.2) is 60.8 Å². The summed E-state index contributed by atoms with van der Waals surface area (Å²) in [7, 11) is 2.15. The maximum absolute atomic E-state index is 12.6. The molecule has 1 aliphatic heterocycles. The van der Waals surface area contributed by atoms with Crippen LogP contribution in [0, 0.1) is 0 Å². The fourth-order valence-corrected chi connectivity index (χ4v) is 3.44. The highest BCUT2D eigenvalue weighted by Crippen LogP contribution is 2.18. The smallest absolute Gasteiger partial charge is 0.252 e. The maximum Gasteiger partial charge on any atom is 0.252 e. The van der Waals surface area contributed by atoms with Crippen LogP contribution in [0.4, 0.5) is 5.82 Å². The van der Waals surface area contributed by atoms with Crippen molar-refractivity contribution in [2.75, 3.05) is 38.1 Å². The number of fused-ring (bicyclic) bond motifs is 1. The molecule has 1 fully saturated rings. The lowest BCUT2D eigenvalue weighted by Crippen LogP contribution is -2.44. The average molecular weight is 360 g/mol. The number of carbonyl (C=O) groups excluding carboxylic acids is 1. The summed E-state index contributed by atoms with van der Waals surface area (Å²) in [6.07, 6.45) is 1.86. The third kappa shape index (κ3) is 3.93. The highest BCUT2D eigenvalue weighted by atomic mass is 16.1. The summed E-state index contributed by atoms with van der Waals surface area (Å²) in [4.78, 5) is 21.8. The molecule has 5 nitrogen and oxygen atoms in total. The molecular formula is C22H24N4O. The van der Waals surface area contributed by atoms with E-state index in [0.717, 1.165) is 48.3 Å². The van der Waals surface area contributed by atoms with Gasteiger partial charge in [0.25, 0.3) is 5.91 Å². The second kappa shape index (κ2) is 7.76. The number of benzene rings is 2. The Balaban J connectivity index is 1.40. The van der Waals surface area contributed by atoms with E-state index in [-0.39, 0.29) is 5.91 Å². The largest absolute Gasteiger partial charge is 0.354 e. The molecule has 5 heteroatoms.